The van der Waals surface area contributed by atoms with Crippen LogP contribution in [-0.4, -0.2) is 32.8 Å². The fourth-order valence-electron chi connectivity index (χ4n) is 6.54. The van der Waals surface area contributed by atoms with Crippen LogP contribution in [0.2, 0.25) is 0 Å². The zero-order valence-electron chi connectivity index (χ0n) is 16.7. The van der Waals surface area contributed by atoms with Crippen LogP contribution in [0, 0.1) is 23.2 Å². The number of aromatic hydroxyl groups is 1. The lowest BCUT2D eigenvalue weighted by Gasteiger charge is -2.56. The highest BCUT2D eigenvalue weighted by Crippen LogP contribution is 2.59. The summed E-state index contributed by atoms with van der Waals surface area (Å²) in [5, 5.41) is 13.8. The number of fused-ring (bicyclic) bond motifs is 1. The third-order valence-electron chi connectivity index (χ3n) is 7.23. The van der Waals surface area contributed by atoms with Gasteiger partial charge in [-0.2, -0.15) is 4.98 Å². The number of aromatic amines is 1. The largest absolute Gasteiger partial charge is 0.492 e. The highest BCUT2D eigenvalue weighted by Gasteiger charge is 2.50. The van der Waals surface area contributed by atoms with Crippen molar-refractivity contribution in [2.75, 3.05) is 11.9 Å². The average molecular weight is 448 g/mol. The third kappa shape index (κ3) is 3.60. The molecule has 1 aliphatic heterocycles. The maximum Gasteiger partial charge on any atom is 0.238 e. The monoisotopic (exact) mass is 447 g/mol. The molecule has 30 heavy (non-hydrogen) atoms. The number of nitrogens with one attached hydrogen (secondary N) is 2. The van der Waals surface area contributed by atoms with Crippen molar-refractivity contribution in [2.45, 2.75) is 38.5 Å². The maximum absolute atomic E-state index is 10.3. The summed E-state index contributed by atoms with van der Waals surface area (Å²) < 4.78 is 0. The number of aliphatic imine (C=N–C) groups is 1. The molecule has 0 atom stereocenters. The molecule has 0 aromatic carbocycles. The van der Waals surface area contributed by atoms with Crippen molar-refractivity contribution in [3.8, 4) is 5.88 Å². The molecule has 0 amide bonds. The van der Waals surface area contributed by atoms with Crippen LogP contribution in [0.1, 0.15) is 49.8 Å². The Morgan fingerprint density at radius 3 is 2.53 bits per heavy atom. The van der Waals surface area contributed by atoms with E-state index in [4.69, 9.17) is 0 Å². The molecular weight excluding hydrogens is 421 g/mol. The topological polar surface area (TPSA) is 86.2 Å². The second-order valence-electron chi connectivity index (χ2n) is 9.33. The number of aromatic nitrogens is 3. The summed E-state index contributed by atoms with van der Waals surface area (Å²) in [6.07, 6.45) is 13.8. The molecule has 0 saturated heterocycles. The van der Waals surface area contributed by atoms with Crippen LogP contribution in [0.25, 0.3) is 11.6 Å². The lowest BCUT2D eigenvalue weighted by molar-refractivity contribution is -0.0445. The molecule has 160 valence electrons. The fraction of sp³-hybridized carbons (Fsp3) is 0.500. The molecule has 3 N–H and O–H groups in total. The van der Waals surface area contributed by atoms with E-state index >= 15 is 0 Å². The van der Waals surface area contributed by atoms with Gasteiger partial charge in [0.1, 0.15) is 5.69 Å². The Kier molecular flexibility index (Phi) is 5.58. The molecule has 6 nitrogen and oxygen atoms in total. The summed E-state index contributed by atoms with van der Waals surface area (Å²) in [6, 6.07) is 3.88. The predicted octanol–water partition coefficient (Wildman–Crippen LogP) is 5.24. The van der Waals surface area contributed by atoms with Gasteiger partial charge in [0.05, 0.1) is 0 Å². The summed E-state index contributed by atoms with van der Waals surface area (Å²) in [6.45, 7) is 0.952. The summed E-state index contributed by atoms with van der Waals surface area (Å²) in [7, 11) is 0. The van der Waals surface area contributed by atoms with E-state index in [1.54, 1.807) is 12.4 Å². The van der Waals surface area contributed by atoms with Crippen LogP contribution in [0.4, 0.5) is 11.8 Å². The molecule has 2 aromatic rings. The van der Waals surface area contributed by atoms with Gasteiger partial charge in [0, 0.05) is 30.1 Å². The van der Waals surface area contributed by atoms with Crippen molar-refractivity contribution in [1.29, 1.82) is 0 Å². The van der Waals surface area contributed by atoms with Gasteiger partial charge in [-0.3, -0.25) is 0 Å². The minimum absolute atomic E-state index is 0. The van der Waals surface area contributed by atoms with Crippen molar-refractivity contribution < 1.29 is 5.11 Å². The van der Waals surface area contributed by atoms with Gasteiger partial charge >= 0.3 is 0 Å². The van der Waals surface area contributed by atoms with E-state index in [1.807, 2.05) is 18.2 Å². The Hall–Kier alpha value is -2.05. The van der Waals surface area contributed by atoms with Crippen molar-refractivity contribution in [1.82, 2.24) is 15.0 Å². The second kappa shape index (κ2) is 7.89. The third-order valence-corrected chi connectivity index (χ3v) is 7.23. The van der Waals surface area contributed by atoms with Crippen LogP contribution >= 0.6 is 24.8 Å². The van der Waals surface area contributed by atoms with E-state index in [2.05, 4.69) is 25.3 Å². The number of H-pyrrole nitrogens is 1. The highest BCUT2D eigenvalue weighted by molar-refractivity contribution is 6.20. The van der Waals surface area contributed by atoms with Gasteiger partial charge in [-0.15, -0.1) is 24.8 Å². The Morgan fingerprint density at radius 1 is 1.13 bits per heavy atom. The molecule has 4 fully saturated rings. The molecule has 4 aliphatic carbocycles. The number of rotatable bonds is 4. The Labute approximate surface area is 188 Å². The fourth-order valence-corrected chi connectivity index (χ4v) is 6.54. The molecule has 7 rings (SSSR count). The molecule has 2 aromatic heterocycles. The predicted molar refractivity (Wildman–Crippen MR) is 124 cm³/mol. The molecule has 8 heteroatoms. The van der Waals surface area contributed by atoms with Crippen LogP contribution in [0.3, 0.4) is 0 Å². The molecule has 0 unspecified atom stereocenters. The highest BCUT2D eigenvalue weighted by atomic mass is 35.5. The standard InChI is InChI=1S/C22H25N5O.2ClH/c28-20-18(7-16-11-24-19-17(16)2-1-3-23-19)26-21(27-20)25-12-22-8-13-4-14(9-22)6-15(5-13)10-22;;/h1-3,7,11,13-15,28H,4-6,8-10,12H2,(H2,25,26,27);2*1H. The van der Waals surface area contributed by atoms with Gasteiger partial charge in [-0.1, -0.05) is 0 Å². The van der Waals surface area contributed by atoms with Crippen LogP contribution in [0.15, 0.2) is 23.3 Å². The Balaban J connectivity index is 0.00000109. The zero-order valence-corrected chi connectivity index (χ0v) is 18.3. The first-order valence-corrected chi connectivity index (χ1v) is 10.4. The van der Waals surface area contributed by atoms with Crippen molar-refractivity contribution in [3.63, 3.8) is 0 Å². The van der Waals surface area contributed by atoms with Crippen LogP contribution in [0.5, 0.6) is 5.88 Å². The Bertz CT molecular complexity index is 964. The number of halogens is 2. The first-order valence-electron chi connectivity index (χ1n) is 10.4. The first-order chi connectivity index (χ1) is 13.7. The van der Waals surface area contributed by atoms with E-state index in [9.17, 15) is 5.11 Å². The SMILES string of the molecule is Cl.Cl.Oc1nc(NCC23CC4CC(CC(C4)C2)C3)[nH]c1C=C1C=Nc2ncccc21. The minimum atomic E-state index is 0. The van der Waals surface area contributed by atoms with Crippen molar-refractivity contribution >= 4 is 54.4 Å². The molecule has 5 aliphatic rings. The van der Waals surface area contributed by atoms with Gasteiger partial charge < -0.3 is 15.4 Å². The number of imidazole rings is 1. The number of anilines is 1. The lowest BCUT2D eigenvalue weighted by atomic mass is 9.49. The number of hydrogen-bond donors (Lipinski definition) is 3. The van der Waals surface area contributed by atoms with Crippen LogP contribution in [-0.2, 0) is 0 Å². The summed E-state index contributed by atoms with van der Waals surface area (Å²) in [5.74, 6) is 4.21. The molecule has 0 radical (unpaired) electrons. The van der Waals surface area contributed by atoms with Gasteiger partial charge in [0.2, 0.25) is 11.8 Å². The maximum atomic E-state index is 10.3. The molecular formula is C22H27Cl2N5O. The summed E-state index contributed by atoms with van der Waals surface area (Å²) >= 11 is 0. The van der Waals surface area contributed by atoms with Gasteiger partial charge in [-0.05, 0) is 79.9 Å². The lowest BCUT2D eigenvalue weighted by Crippen LogP contribution is -2.49. The van der Waals surface area contributed by atoms with Crippen molar-refractivity contribution in [3.05, 3.63) is 29.6 Å². The van der Waals surface area contributed by atoms with Crippen LogP contribution < -0.4 is 5.32 Å². The molecule has 4 bridgehead atoms. The number of hydrogen-bond acceptors (Lipinski definition) is 5. The van der Waals surface area contributed by atoms with Gasteiger partial charge in [0.25, 0.3) is 0 Å². The van der Waals surface area contributed by atoms with E-state index < -0.39 is 0 Å². The quantitative estimate of drug-likeness (QED) is 0.597. The normalized spacial score (nSPS) is 31.3. The van der Waals surface area contributed by atoms with E-state index in [1.165, 1.54) is 38.5 Å². The first kappa shape index (κ1) is 21.2. The Morgan fingerprint density at radius 2 is 1.83 bits per heavy atom. The molecule has 4 saturated carbocycles. The van der Waals surface area contributed by atoms with Gasteiger partial charge in [-0.25, -0.2) is 9.98 Å². The smallest absolute Gasteiger partial charge is 0.238 e. The van der Waals surface area contributed by atoms with E-state index in [0.717, 1.165) is 35.4 Å². The number of pyridine rings is 1. The molecule has 0 spiro atoms. The molecule has 3 heterocycles. The number of nitrogens with zero attached hydrogens (tertiary/aromatic N) is 3. The summed E-state index contributed by atoms with van der Waals surface area (Å²) in [4.78, 5) is 16.1. The zero-order chi connectivity index (χ0) is 18.7. The van der Waals surface area contributed by atoms with Crippen molar-refractivity contribution in [2.24, 2.45) is 28.2 Å². The minimum Gasteiger partial charge on any atom is -0.492 e. The summed E-state index contributed by atoms with van der Waals surface area (Å²) in [5.41, 5.74) is 2.93. The second-order valence-corrected chi connectivity index (χ2v) is 9.33. The average Bonchev–Trinajstić information content (AvgIpc) is 3.23. The van der Waals surface area contributed by atoms with Gasteiger partial charge in [0.15, 0.2) is 5.82 Å². The number of allylic oxidation sites excluding steroid dienone is 1. The van der Waals surface area contributed by atoms with E-state index in [0.29, 0.717) is 22.9 Å². The van der Waals surface area contributed by atoms with E-state index in [-0.39, 0.29) is 30.7 Å².